The molecule has 1 spiro atoms. The molecule has 1 aliphatic carbocycles. The molecule has 1 saturated carbocycles. The second-order valence-electron chi connectivity index (χ2n) is 9.10. The number of nitrogens with zero attached hydrogens (tertiary/aromatic N) is 2. The van der Waals surface area contributed by atoms with E-state index in [0.717, 1.165) is 70.3 Å². The molecule has 0 radical (unpaired) electrons. The molecule has 0 aromatic heterocycles. The smallest absolute Gasteiger partial charge is 0.241 e. The molecule has 4 fully saturated rings. The zero-order valence-electron chi connectivity index (χ0n) is 16.4. The predicted molar refractivity (Wildman–Crippen MR) is 106 cm³/mol. The number of amides is 2. The number of likely N-dealkylation sites (tertiary alicyclic amines) is 2. The molecule has 5 rings (SSSR count). The first-order valence-corrected chi connectivity index (χ1v) is 10.8. The van der Waals surface area contributed by atoms with Crippen LogP contribution in [0.5, 0.6) is 0 Å². The standard InChI is InChI=1S/C22H30N4O2/c27-20-18(16-4-2-1-3-5-16)14-22(15-26(20)17-6-7-17)9-12-25(13-10-22)21(28)19-8-11-23-24-19/h1-5,17-19,23-24H,6-15H2. The summed E-state index contributed by atoms with van der Waals surface area (Å²) in [7, 11) is 0. The number of hydrogen-bond acceptors (Lipinski definition) is 4. The van der Waals surface area contributed by atoms with Gasteiger partial charge in [-0.15, -0.1) is 0 Å². The maximum Gasteiger partial charge on any atom is 0.241 e. The molecule has 0 bridgehead atoms. The van der Waals surface area contributed by atoms with Crippen molar-refractivity contribution < 1.29 is 9.59 Å². The maximum atomic E-state index is 13.2. The molecular formula is C22H30N4O2. The monoisotopic (exact) mass is 382 g/mol. The number of carbonyl (C=O) groups is 2. The van der Waals surface area contributed by atoms with Gasteiger partial charge in [0, 0.05) is 32.2 Å². The van der Waals surface area contributed by atoms with E-state index in [4.69, 9.17) is 0 Å². The van der Waals surface area contributed by atoms with Crippen LogP contribution in [0.15, 0.2) is 30.3 Å². The molecule has 3 heterocycles. The van der Waals surface area contributed by atoms with Crippen LogP contribution in [-0.2, 0) is 9.59 Å². The maximum absolute atomic E-state index is 13.2. The first-order valence-electron chi connectivity index (χ1n) is 10.8. The van der Waals surface area contributed by atoms with Gasteiger partial charge in [0.15, 0.2) is 0 Å². The van der Waals surface area contributed by atoms with Crippen LogP contribution >= 0.6 is 0 Å². The van der Waals surface area contributed by atoms with Crippen molar-refractivity contribution >= 4 is 11.8 Å². The van der Waals surface area contributed by atoms with E-state index in [1.165, 1.54) is 0 Å². The Hall–Kier alpha value is -1.92. The average Bonchev–Trinajstić information content (AvgIpc) is 3.43. The molecule has 3 aliphatic heterocycles. The van der Waals surface area contributed by atoms with Gasteiger partial charge in [-0.25, -0.2) is 5.43 Å². The Morgan fingerprint density at radius 3 is 2.46 bits per heavy atom. The molecule has 3 saturated heterocycles. The van der Waals surface area contributed by atoms with Crippen LogP contribution in [-0.4, -0.2) is 59.9 Å². The Morgan fingerprint density at radius 2 is 1.82 bits per heavy atom. The molecule has 2 unspecified atom stereocenters. The highest BCUT2D eigenvalue weighted by Crippen LogP contribution is 2.48. The summed E-state index contributed by atoms with van der Waals surface area (Å²) in [5.41, 5.74) is 7.45. The van der Waals surface area contributed by atoms with Gasteiger partial charge >= 0.3 is 0 Å². The molecule has 2 amide bonds. The fourth-order valence-electron chi connectivity index (χ4n) is 5.32. The highest BCUT2D eigenvalue weighted by Gasteiger charge is 2.50. The normalized spacial score (nSPS) is 30.1. The highest BCUT2D eigenvalue weighted by atomic mass is 16.2. The van der Waals surface area contributed by atoms with E-state index in [1.807, 2.05) is 23.1 Å². The third-order valence-corrected chi connectivity index (χ3v) is 7.18. The topological polar surface area (TPSA) is 64.7 Å². The van der Waals surface area contributed by atoms with E-state index in [9.17, 15) is 9.59 Å². The van der Waals surface area contributed by atoms with Gasteiger partial charge in [-0.3, -0.25) is 15.0 Å². The average molecular weight is 383 g/mol. The second kappa shape index (κ2) is 7.16. The summed E-state index contributed by atoms with van der Waals surface area (Å²) in [5.74, 6) is 0.517. The zero-order chi connectivity index (χ0) is 19.1. The van der Waals surface area contributed by atoms with Crippen molar-refractivity contribution in [1.82, 2.24) is 20.7 Å². The summed E-state index contributed by atoms with van der Waals surface area (Å²) in [6.07, 6.45) is 6.07. The van der Waals surface area contributed by atoms with Crippen LogP contribution in [0.4, 0.5) is 0 Å². The van der Waals surface area contributed by atoms with Gasteiger partial charge in [0.2, 0.25) is 11.8 Å². The van der Waals surface area contributed by atoms with Crippen LogP contribution < -0.4 is 10.9 Å². The highest BCUT2D eigenvalue weighted by molar-refractivity contribution is 5.85. The lowest BCUT2D eigenvalue weighted by Crippen LogP contribution is -2.56. The minimum absolute atomic E-state index is 0.0292. The lowest BCUT2D eigenvalue weighted by atomic mass is 9.67. The number of nitrogens with one attached hydrogen (secondary N) is 2. The van der Waals surface area contributed by atoms with Crippen molar-refractivity contribution in [2.24, 2.45) is 5.41 Å². The number of hydrogen-bond donors (Lipinski definition) is 2. The predicted octanol–water partition coefficient (Wildman–Crippen LogP) is 1.64. The van der Waals surface area contributed by atoms with Crippen LogP contribution in [0.25, 0.3) is 0 Å². The van der Waals surface area contributed by atoms with E-state index in [1.54, 1.807) is 0 Å². The molecule has 1 aromatic rings. The lowest BCUT2D eigenvalue weighted by molar-refractivity contribution is -0.145. The van der Waals surface area contributed by atoms with Crippen LogP contribution in [0, 0.1) is 5.41 Å². The molecule has 1 aromatic carbocycles. The number of hydrazine groups is 1. The van der Waals surface area contributed by atoms with Crippen LogP contribution in [0.3, 0.4) is 0 Å². The van der Waals surface area contributed by atoms with Crippen molar-refractivity contribution in [3.8, 4) is 0 Å². The van der Waals surface area contributed by atoms with E-state index in [-0.39, 0.29) is 23.3 Å². The number of piperidine rings is 2. The largest absolute Gasteiger partial charge is 0.341 e. The molecule has 150 valence electrons. The van der Waals surface area contributed by atoms with E-state index in [2.05, 4.69) is 27.9 Å². The third kappa shape index (κ3) is 3.33. The van der Waals surface area contributed by atoms with E-state index >= 15 is 0 Å². The van der Waals surface area contributed by atoms with Crippen LogP contribution in [0.2, 0.25) is 0 Å². The van der Waals surface area contributed by atoms with Crippen molar-refractivity contribution in [2.75, 3.05) is 26.2 Å². The van der Waals surface area contributed by atoms with Gasteiger partial charge in [-0.2, -0.15) is 0 Å². The van der Waals surface area contributed by atoms with E-state index < -0.39 is 0 Å². The summed E-state index contributed by atoms with van der Waals surface area (Å²) in [5, 5.41) is 0. The minimum atomic E-state index is -0.0815. The van der Waals surface area contributed by atoms with E-state index in [0.29, 0.717) is 11.9 Å². The van der Waals surface area contributed by atoms with Gasteiger partial charge in [0.05, 0.1) is 5.92 Å². The first kappa shape index (κ1) is 18.1. The number of rotatable bonds is 3. The van der Waals surface area contributed by atoms with Crippen molar-refractivity contribution in [2.45, 2.75) is 56.5 Å². The van der Waals surface area contributed by atoms with Gasteiger partial charge < -0.3 is 9.80 Å². The zero-order valence-corrected chi connectivity index (χ0v) is 16.4. The Balaban J connectivity index is 1.33. The summed E-state index contributed by atoms with van der Waals surface area (Å²) in [6, 6.07) is 10.7. The van der Waals surface area contributed by atoms with Crippen molar-refractivity contribution in [3.63, 3.8) is 0 Å². The summed E-state index contributed by atoms with van der Waals surface area (Å²) >= 11 is 0. The van der Waals surface area contributed by atoms with Gasteiger partial charge in [-0.05, 0) is 49.5 Å². The van der Waals surface area contributed by atoms with Crippen molar-refractivity contribution in [3.05, 3.63) is 35.9 Å². The molecule has 6 heteroatoms. The molecule has 28 heavy (non-hydrogen) atoms. The second-order valence-corrected chi connectivity index (χ2v) is 9.10. The summed E-state index contributed by atoms with van der Waals surface area (Å²) in [4.78, 5) is 30.2. The fraction of sp³-hybridized carbons (Fsp3) is 0.636. The van der Waals surface area contributed by atoms with Crippen molar-refractivity contribution in [1.29, 1.82) is 0 Å². The Labute approximate surface area is 166 Å². The molecule has 4 aliphatic rings. The Kier molecular flexibility index (Phi) is 4.63. The SMILES string of the molecule is O=C(C1CCNN1)N1CCC2(CC1)CC(c1ccccc1)C(=O)N(C1CC1)C2. The summed E-state index contributed by atoms with van der Waals surface area (Å²) < 4.78 is 0. The molecule has 6 nitrogen and oxygen atoms in total. The number of benzene rings is 1. The Bertz CT molecular complexity index is 734. The molecule has 2 atom stereocenters. The fourth-order valence-corrected chi connectivity index (χ4v) is 5.32. The third-order valence-electron chi connectivity index (χ3n) is 7.18. The van der Waals surface area contributed by atoms with Gasteiger partial charge in [0.25, 0.3) is 0 Å². The molecule has 2 N–H and O–H groups in total. The molecular weight excluding hydrogens is 352 g/mol. The minimum Gasteiger partial charge on any atom is -0.341 e. The van der Waals surface area contributed by atoms with Gasteiger partial charge in [-0.1, -0.05) is 30.3 Å². The lowest BCUT2D eigenvalue weighted by Gasteiger charge is -2.50. The quantitative estimate of drug-likeness (QED) is 0.834. The Morgan fingerprint density at radius 1 is 1.07 bits per heavy atom. The number of carbonyl (C=O) groups excluding carboxylic acids is 2. The summed E-state index contributed by atoms with van der Waals surface area (Å²) in [6.45, 7) is 3.35. The van der Waals surface area contributed by atoms with Gasteiger partial charge in [0.1, 0.15) is 6.04 Å². The van der Waals surface area contributed by atoms with Crippen LogP contribution in [0.1, 0.15) is 50.0 Å². The first-order chi connectivity index (χ1) is 13.7.